The van der Waals surface area contributed by atoms with Crippen LogP contribution in [0.2, 0.25) is 0 Å². The molecule has 0 atom stereocenters. The van der Waals surface area contributed by atoms with E-state index in [-0.39, 0.29) is 0 Å². The molecule has 5 aromatic carbocycles. The first-order valence-electron chi connectivity index (χ1n) is 11.7. The van der Waals surface area contributed by atoms with Crippen LogP contribution < -0.4 is 23.7 Å². The van der Waals surface area contributed by atoms with E-state index in [2.05, 4.69) is 0 Å². The van der Waals surface area contributed by atoms with Crippen molar-refractivity contribution < 1.29 is 23.7 Å². The lowest BCUT2D eigenvalue weighted by Crippen LogP contribution is -2.01. The summed E-state index contributed by atoms with van der Waals surface area (Å²) in [7, 11) is 4.93. The lowest BCUT2D eigenvalue weighted by Gasteiger charge is -2.19. The maximum Gasteiger partial charge on any atom is 0.204 e. The van der Waals surface area contributed by atoms with Gasteiger partial charge in [0, 0.05) is 10.8 Å². The number of hydrogen-bond donors (Lipinski definition) is 0. The van der Waals surface area contributed by atoms with Gasteiger partial charge in [0.2, 0.25) is 5.75 Å². The average molecular weight is 481 g/mol. The Kier molecular flexibility index (Phi) is 6.80. The molecular weight excluding hydrogens is 452 g/mol. The molecule has 5 rings (SSSR count). The molecule has 0 N–H and O–H groups in total. The monoisotopic (exact) mass is 480 g/mol. The summed E-state index contributed by atoms with van der Waals surface area (Å²) in [4.78, 5) is 0. The standard InChI is InChI=1S/C31H28O5/c1-32-29-25-15-14-23-18-27(36-20-22-12-8-5-9-13-22)30(33-2)31(34-3)28(23)24(25)16-17-26(29)35-19-21-10-6-4-7-11-21/h4-18H,19-20H2,1-3H3. The van der Waals surface area contributed by atoms with Crippen LogP contribution in [0.25, 0.3) is 21.5 Å². The van der Waals surface area contributed by atoms with Crippen LogP contribution in [0.15, 0.2) is 91.0 Å². The van der Waals surface area contributed by atoms with E-state index in [1.165, 1.54) is 0 Å². The molecule has 36 heavy (non-hydrogen) atoms. The summed E-state index contributed by atoms with van der Waals surface area (Å²) in [5.41, 5.74) is 2.16. The predicted molar refractivity (Wildman–Crippen MR) is 143 cm³/mol. The molecule has 5 heteroatoms. The van der Waals surface area contributed by atoms with Gasteiger partial charge in [-0.15, -0.1) is 0 Å². The highest BCUT2D eigenvalue weighted by Gasteiger charge is 2.21. The van der Waals surface area contributed by atoms with Gasteiger partial charge in [-0.1, -0.05) is 66.7 Å². The minimum Gasteiger partial charge on any atom is -0.492 e. The van der Waals surface area contributed by atoms with Crippen molar-refractivity contribution in [3.63, 3.8) is 0 Å². The number of fused-ring (bicyclic) bond motifs is 3. The highest BCUT2D eigenvalue weighted by atomic mass is 16.5. The Morgan fingerprint density at radius 1 is 0.500 bits per heavy atom. The van der Waals surface area contributed by atoms with Gasteiger partial charge in [0.05, 0.1) is 21.3 Å². The number of ether oxygens (including phenoxy) is 5. The third-order valence-corrected chi connectivity index (χ3v) is 6.18. The van der Waals surface area contributed by atoms with Crippen LogP contribution in [0.5, 0.6) is 28.7 Å². The molecule has 0 spiro atoms. The van der Waals surface area contributed by atoms with Gasteiger partial charge in [-0.05, 0) is 46.2 Å². The largest absolute Gasteiger partial charge is 0.492 e. The Balaban J connectivity index is 1.58. The summed E-state index contributed by atoms with van der Waals surface area (Å²) < 4.78 is 29.8. The second-order valence-corrected chi connectivity index (χ2v) is 8.35. The van der Waals surface area contributed by atoms with Gasteiger partial charge >= 0.3 is 0 Å². The van der Waals surface area contributed by atoms with Crippen molar-refractivity contribution in [2.75, 3.05) is 21.3 Å². The smallest absolute Gasteiger partial charge is 0.204 e. The molecule has 0 aromatic heterocycles. The second-order valence-electron chi connectivity index (χ2n) is 8.35. The van der Waals surface area contributed by atoms with E-state index in [9.17, 15) is 0 Å². The van der Waals surface area contributed by atoms with Gasteiger partial charge in [0.1, 0.15) is 13.2 Å². The molecule has 0 aliphatic rings. The molecule has 0 radical (unpaired) electrons. The normalized spacial score (nSPS) is 10.9. The zero-order valence-corrected chi connectivity index (χ0v) is 20.6. The van der Waals surface area contributed by atoms with E-state index in [1.54, 1.807) is 21.3 Å². The van der Waals surface area contributed by atoms with Crippen LogP contribution in [0.4, 0.5) is 0 Å². The zero-order chi connectivity index (χ0) is 24.9. The van der Waals surface area contributed by atoms with Crippen LogP contribution in [-0.2, 0) is 13.2 Å². The molecule has 5 nitrogen and oxygen atoms in total. The number of methoxy groups -OCH3 is 3. The summed E-state index contributed by atoms with van der Waals surface area (Å²) in [6, 6.07) is 30.1. The predicted octanol–water partition coefficient (Wildman–Crippen LogP) is 7.18. The minimum atomic E-state index is 0.426. The number of hydrogen-bond acceptors (Lipinski definition) is 5. The summed E-state index contributed by atoms with van der Waals surface area (Å²) in [5.74, 6) is 3.15. The molecule has 0 saturated carbocycles. The van der Waals surface area contributed by atoms with Gasteiger partial charge < -0.3 is 23.7 Å². The number of benzene rings is 5. The topological polar surface area (TPSA) is 46.2 Å². The van der Waals surface area contributed by atoms with Crippen LogP contribution in [0.3, 0.4) is 0 Å². The second kappa shape index (κ2) is 10.5. The van der Waals surface area contributed by atoms with Crippen molar-refractivity contribution in [2.24, 2.45) is 0 Å². The molecule has 0 amide bonds. The lowest BCUT2D eigenvalue weighted by molar-refractivity contribution is 0.277. The molecule has 0 saturated heterocycles. The van der Waals surface area contributed by atoms with Gasteiger partial charge in [-0.3, -0.25) is 0 Å². The Morgan fingerprint density at radius 3 is 1.64 bits per heavy atom. The van der Waals surface area contributed by atoms with E-state index >= 15 is 0 Å². The van der Waals surface area contributed by atoms with E-state index < -0.39 is 0 Å². The zero-order valence-electron chi connectivity index (χ0n) is 20.6. The molecule has 182 valence electrons. The van der Waals surface area contributed by atoms with E-state index in [4.69, 9.17) is 23.7 Å². The quantitative estimate of drug-likeness (QED) is 0.209. The van der Waals surface area contributed by atoms with Crippen LogP contribution >= 0.6 is 0 Å². The van der Waals surface area contributed by atoms with E-state index in [0.29, 0.717) is 42.0 Å². The summed E-state index contributed by atoms with van der Waals surface area (Å²) in [6.45, 7) is 0.880. The highest BCUT2D eigenvalue weighted by molar-refractivity contribution is 6.14. The summed E-state index contributed by atoms with van der Waals surface area (Å²) in [6.07, 6.45) is 0. The fourth-order valence-electron chi connectivity index (χ4n) is 4.47. The fourth-order valence-corrected chi connectivity index (χ4v) is 4.47. The minimum absolute atomic E-state index is 0.426. The molecular formula is C31H28O5. The van der Waals surface area contributed by atoms with Crippen molar-refractivity contribution >= 4 is 21.5 Å². The molecule has 0 heterocycles. The van der Waals surface area contributed by atoms with Gasteiger partial charge in [0.25, 0.3) is 0 Å². The van der Waals surface area contributed by atoms with Crippen LogP contribution in [-0.4, -0.2) is 21.3 Å². The van der Waals surface area contributed by atoms with Crippen LogP contribution in [0, 0.1) is 0 Å². The van der Waals surface area contributed by atoms with E-state index in [0.717, 1.165) is 32.7 Å². The summed E-state index contributed by atoms with van der Waals surface area (Å²) in [5, 5.41) is 3.80. The van der Waals surface area contributed by atoms with E-state index in [1.807, 2.05) is 91.0 Å². The van der Waals surface area contributed by atoms with Crippen molar-refractivity contribution in [3.8, 4) is 28.7 Å². The van der Waals surface area contributed by atoms with Crippen molar-refractivity contribution in [1.82, 2.24) is 0 Å². The Morgan fingerprint density at radius 2 is 1.06 bits per heavy atom. The fraction of sp³-hybridized carbons (Fsp3) is 0.161. The molecule has 0 bridgehead atoms. The first-order chi connectivity index (χ1) is 17.7. The first-order valence-corrected chi connectivity index (χ1v) is 11.7. The Labute approximate surface area is 210 Å². The third-order valence-electron chi connectivity index (χ3n) is 6.18. The maximum atomic E-state index is 6.17. The van der Waals surface area contributed by atoms with Crippen molar-refractivity contribution in [2.45, 2.75) is 13.2 Å². The van der Waals surface area contributed by atoms with Crippen molar-refractivity contribution in [3.05, 3.63) is 102 Å². The van der Waals surface area contributed by atoms with Crippen LogP contribution in [0.1, 0.15) is 11.1 Å². The van der Waals surface area contributed by atoms with Gasteiger partial charge in [-0.2, -0.15) is 0 Å². The first kappa shape index (κ1) is 23.4. The molecule has 5 aromatic rings. The SMILES string of the molecule is COc1c(OCc2ccccc2)cc2ccc3c(OC)c(OCc4ccccc4)ccc3c2c1OC. The molecule has 0 aliphatic carbocycles. The van der Waals surface area contributed by atoms with Gasteiger partial charge in [-0.25, -0.2) is 0 Å². The maximum absolute atomic E-state index is 6.17. The Hall–Kier alpha value is -4.38. The third kappa shape index (κ3) is 4.48. The molecule has 0 aliphatic heterocycles. The Bertz CT molecular complexity index is 1480. The summed E-state index contributed by atoms with van der Waals surface area (Å²) >= 11 is 0. The average Bonchev–Trinajstić information content (AvgIpc) is 2.94. The lowest BCUT2D eigenvalue weighted by atomic mass is 9.99. The number of rotatable bonds is 9. The molecule has 0 unspecified atom stereocenters. The highest BCUT2D eigenvalue weighted by Crippen LogP contribution is 2.48. The molecule has 0 fully saturated rings. The van der Waals surface area contributed by atoms with Gasteiger partial charge in [0.15, 0.2) is 23.0 Å². The van der Waals surface area contributed by atoms with Crippen molar-refractivity contribution in [1.29, 1.82) is 0 Å².